The van der Waals surface area contributed by atoms with Crippen LogP contribution in [0.15, 0.2) is 47.6 Å². The van der Waals surface area contributed by atoms with Gasteiger partial charge in [-0.1, -0.05) is 13.3 Å². The zero-order valence-corrected chi connectivity index (χ0v) is 18.8. The van der Waals surface area contributed by atoms with Crippen molar-refractivity contribution in [3.8, 4) is 17.2 Å². The third-order valence-corrected chi connectivity index (χ3v) is 4.20. The van der Waals surface area contributed by atoms with Crippen molar-refractivity contribution in [1.29, 1.82) is 0 Å². The van der Waals surface area contributed by atoms with E-state index in [1.807, 2.05) is 26.0 Å². The Kier molecular flexibility index (Phi) is 10.6. The lowest BCUT2D eigenvalue weighted by molar-refractivity contribution is -0.126. The summed E-state index contributed by atoms with van der Waals surface area (Å²) in [6.07, 6.45) is 3.15. The lowest BCUT2D eigenvalue weighted by Gasteiger charge is -2.12. The number of rotatable bonds is 13. The average molecular weight is 442 g/mol. The van der Waals surface area contributed by atoms with Gasteiger partial charge in [-0.05, 0) is 68.3 Å². The van der Waals surface area contributed by atoms with Crippen LogP contribution in [0.4, 0.5) is 5.69 Å². The lowest BCUT2D eigenvalue weighted by atomic mass is 10.2. The van der Waals surface area contributed by atoms with Gasteiger partial charge >= 0.3 is 0 Å². The molecule has 2 aromatic rings. The molecule has 0 heterocycles. The third kappa shape index (κ3) is 8.67. The number of nitrogens with zero attached hydrogens (tertiary/aromatic N) is 1. The number of ether oxygens (including phenoxy) is 3. The summed E-state index contributed by atoms with van der Waals surface area (Å²) in [5.41, 5.74) is 3.67. The van der Waals surface area contributed by atoms with Crippen LogP contribution in [0.2, 0.25) is 0 Å². The minimum Gasteiger partial charge on any atom is -0.494 e. The molecule has 0 unspecified atom stereocenters. The molecule has 0 fully saturated rings. The molecule has 2 N–H and O–H groups in total. The van der Waals surface area contributed by atoms with Gasteiger partial charge in [0.2, 0.25) is 11.8 Å². The van der Waals surface area contributed by atoms with E-state index in [1.54, 1.807) is 30.3 Å². The monoisotopic (exact) mass is 441 g/mol. The number of hydrogen-bond acceptors (Lipinski definition) is 6. The van der Waals surface area contributed by atoms with Crippen molar-refractivity contribution in [2.75, 3.05) is 25.1 Å². The molecule has 172 valence electrons. The van der Waals surface area contributed by atoms with Gasteiger partial charge in [0.25, 0.3) is 0 Å². The van der Waals surface area contributed by atoms with E-state index in [1.165, 1.54) is 6.21 Å². The Hall–Kier alpha value is -3.55. The Morgan fingerprint density at radius 1 is 0.906 bits per heavy atom. The maximum Gasteiger partial charge on any atom is 0.249 e. The number of carbonyl (C=O) groups is 2. The van der Waals surface area contributed by atoms with Gasteiger partial charge in [0.1, 0.15) is 12.2 Å². The molecule has 2 amide bonds. The van der Waals surface area contributed by atoms with Gasteiger partial charge in [0, 0.05) is 5.69 Å². The van der Waals surface area contributed by atoms with E-state index in [9.17, 15) is 9.59 Å². The molecule has 32 heavy (non-hydrogen) atoms. The molecular formula is C24H31N3O5. The molecule has 8 nitrogen and oxygen atoms in total. The molecule has 2 rings (SSSR count). The Morgan fingerprint density at radius 2 is 1.66 bits per heavy atom. The van der Waals surface area contributed by atoms with Crippen molar-refractivity contribution in [3.05, 3.63) is 48.0 Å². The number of hydrogen-bond donors (Lipinski definition) is 2. The predicted molar refractivity (Wildman–Crippen MR) is 125 cm³/mol. The first-order valence-electron chi connectivity index (χ1n) is 10.8. The standard InChI is InChI=1S/C24H31N3O5/c1-4-7-14-32-21-13-8-18(15-22(21)31-6-3)17-25-27-24(29)16-23(28)26-19-9-11-20(12-10-19)30-5-2/h8-13,15,17H,4-7,14,16H2,1-3H3,(H,26,28)(H,27,29). The molecule has 0 saturated carbocycles. The molecule has 0 radical (unpaired) electrons. The van der Waals surface area contributed by atoms with E-state index in [2.05, 4.69) is 22.8 Å². The van der Waals surface area contributed by atoms with Crippen molar-refractivity contribution in [1.82, 2.24) is 5.43 Å². The summed E-state index contributed by atoms with van der Waals surface area (Å²) >= 11 is 0. The fraction of sp³-hybridized carbons (Fsp3) is 0.375. The van der Waals surface area contributed by atoms with Crippen molar-refractivity contribution in [3.63, 3.8) is 0 Å². The van der Waals surface area contributed by atoms with Crippen LogP contribution in [0.1, 0.15) is 45.6 Å². The largest absolute Gasteiger partial charge is 0.494 e. The summed E-state index contributed by atoms with van der Waals surface area (Å²) in [7, 11) is 0. The minimum absolute atomic E-state index is 0.348. The van der Waals surface area contributed by atoms with Crippen LogP contribution >= 0.6 is 0 Å². The van der Waals surface area contributed by atoms with E-state index >= 15 is 0 Å². The van der Waals surface area contributed by atoms with E-state index in [4.69, 9.17) is 14.2 Å². The number of carbonyl (C=O) groups excluding carboxylic acids is 2. The van der Waals surface area contributed by atoms with Gasteiger partial charge in [-0.2, -0.15) is 5.10 Å². The molecular weight excluding hydrogens is 410 g/mol. The number of anilines is 1. The zero-order chi connectivity index (χ0) is 23.2. The molecule has 0 aliphatic heterocycles. The molecule has 0 spiro atoms. The molecule has 0 aliphatic carbocycles. The van der Waals surface area contributed by atoms with Gasteiger partial charge in [0.15, 0.2) is 11.5 Å². The van der Waals surface area contributed by atoms with E-state index in [-0.39, 0.29) is 6.42 Å². The quantitative estimate of drug-likeness (QED) is 0.211. The fourth-order valence-electron chi connectivity index (χ4n) is 2.69. The van der Waals surface area contributed by atoms with Crippen LogP contribution in [-0.4, -0.2) is 37.8 Å². The Morgan fingerprint density at radius 3 is 2.34 bits per heavy atom. The summed E-state index contributed by atoms with van der Waals surface area (Å²) in [4.78, 5) is 24.0. The average Bonchev–Trinajstić information content (AvgIpc) is 2.77. The van der Waals surface area contributed by atoms with E-state index in [0.717, 1.165) is 18.4 Å². The van der Waals surface area contributed by atoms with Gasteiger partial charge in [0.05, 0.1) is 26.0 Å². The Balaban J connectivity index is 1.85. The van der Waals surface area contributed by atoms with Gasteiger partial charge in [-0.3, -0.25) is 9.59 Å². The number of hydrazone groups is 1. The summed E-state index contributed by atoms with van der Waals surface area (Å²) in [6.45, 7) is 7.59. The molecule has 0 saturated heterocycles. The number of benzene rings is 2. The van der Waals surface area contributed by atoms with Crippen LogP contribution < -0.4 is 25.0 Å². The second-order valence-corrected chi connectivity index (χ2v) is 6.82. The molecule has 0 bridgehead atoms. The van der Waals surface area contributed by atoms with Crippen LogP contribution in [0.25, 0.3) is 0 Å². The highest BCUT2D eigenvalue weighted by Gasteiger charge is 2.10. The number of nitrogens with one attached hydrogen (secondary N) is 2. The summed E-state index contributed by atoms with van der Waals surface area (Å²) < 4.78 is 16.7. The maximum absolute atomic E-state index is 12.0. The summed E-state index contributed by atoms with van der Waals surface area (Å²) in [6, 6.07) is 12.3. The highest BCUT2D eigenvalue weighted by molar-refractivity contribution is 6.03. The van der Waals surface area contributed by atoms with Crippen LogP contribution in [0.3, 0.4) is 0 Å². The minimum atomic E-state index is -0.519. The number of unbranched alkanes of at least 4 members (excludes halogenated alkanes) is 1. The highest BCUT2D eigenvalue weighted by atomic mass is 16.5. The van der Waals surface area contributed by atoms with Gasteiger partial charge in [-0.25, -0.2) is 5.43 Å². The van der Waals surface area contributed by atoms with Gasteiger partial charge < -0.3 is 19.5 Å². The van der Waals surface area contributed by atoms with Crippen LogP contribution in [-0.2, 0) is 9.59 Å². The van der Waals surface area contributed by atoms with E-state index in [0.29, 0.717) is 42.8 Å². The molecule has 0 atom stereocenters. The topological polar surface area (TPSA) is 98.2 Å². The van der Waals surface area contributed by atoms with E-state index < -0.39 is 11.8 Å². The second-order valence-electron chi connectivity index (χ2n) is 6.82. The van der Waals surface area contributed by atoms with Gasteiger partial charge in [-0.15, -0.1) is 0 Å². The van der Waals surface area contributed by atoms with Crippen molar-refractivity contribution >= 4 is 23.7 Å². The predicted octanol–water partition coefficient (Wildman–Crippen LogP) is 4.14. The highest BCUT2D eigenvalue weighted by Crippen LogP contribution is 2.28. The van der Waals surface area contributed by atoms with Crippen LogP contribution in [0, 0.1) is 0 Å². The summed E-state index contributed by atoms with van der Waals surface area (Å²) in [5.74, 6) is 1.05. The third-order valence-electron chi connectivity index (χ3n) is 4.20. The van der Waals surface area contributed by atoms with Crippen LogP contribution in [0.5, 0.6) is 17.2 Å². The first kappa shape index (κ1) is 24.7. The second kappa shape index (κ2) is 13.7. The zero-order valence-electron chi connectivity index (χ0n) is 18.8. The Bertz CT molecular complexity index is 897. The molecule has 2 aromatic carbocycles. The lowest BCUT2D eigenvalue weighted by Crippen LogP contribution is -2.24. The number of amides is 2. The molecule has 0 aliphatic rings. The normalized spacial score (nSPS) is 10.6. The Labute approximate surface area is 188 Å². The molecule has 0 aromatic heterocycles. The fourth-order valence-corrected chi connectivity index (χ4v) is 2.69. The smallest absolute Gasteiger partial charge is 0.249 e. The van der Waals surface area contributed by atoms with Crippen molar-refractivity contribution < 1.29 is 23.8 Å². The first-order valence-corrected chi connectivity index (χ1v) is 10.8. The van der Waals surface area contributed by atoms with Crippen molar-refractivity contribution in [2.45, 2.75) is 40.0 Å². The van der Waals surface area contributed by atoms with Crippen molar-refractivity contribution in [2.24, 2.45) is 5.10 Å². The maximum atomic E-state index is 12.0. The molecule has 8 heteroatoms. The first-order chi connectivity index (χ1) is 15.5. The summed E-state index contributed by atoms with van der Waals surface area (Å²) in [5, 5.41) is 6.58. The SMILES string of the molecule is CCCCOc1ccc(C=NNC(=O)CC(=O)Nc2ccc(OCC)cc2)cc1OCC.